The summed E-state index contributed by atoms with van der Waals surface area (Å²) in [6.45, 7) is 0. The van der Waals surface area contributed by atoms with Crippen molar-refractivity contribution in [3.05, 3.63) is 54.5 Å². The van der Waals surface area contributed by atoms with Gasteiger partial charge in [0.15, 0.2) is 0 Å². The fraction of sp³-hybridized carbons (Fsp3) is 0. The topological polar surface area (TPSA) is 73.3 Å². The van der Waals surface area contributed by atoms with Crippen molar-refractivity contribution in [3.63, 3.8) is 0 Å². The number of nitrogens with two attached hydrogens (primary N) is 1. The van der Waals surface area contributed by atoms with E-state index < -0.39 is 5.91 Å². The van der Waals surface area contributed by atoms with Gasteiger partial charge in [0, 0.05) is 11.8 Å². The van der Waals surface area contributed by atoms with E-state index in [4.69, 9.17) is 5.73 Å². The number of fused-ring (bicyclic) bond motifs is 1. The number of amides is 1. The summed E-state index contributed by atoms with van der Waals surface area (Å²) in [6, 6.07) is 11.0. The second kappa shape index (κ2) is 3.96. The summed E-state index contributed by atoms with van der Waals surface area (Å²) in [5.74, 6) is -0.125. The molecule has 1 amide bonds. The zero-order chi connectivity index (χ0) is 12.5. The number of rotatable bonds is 2. The first kappa shape index (κ1) is 10.5. The molecule has 3 rings (SSSR count). The van der Waals surface area contributed by atoms with Gasteiger partial charge in [0.2, 0.25) is 5.78 Å². The summed E-state index contributed by atoms with van der Waals surface area (Å²) in [7, 11) is 0. The predicted octanol–water partition coefficient (Wildman–Crippen LogP) is 1.30. The minimum Gasteiger partial charge on any atom is -0.364 e. The summed E-state index contributed by atoms with van der Waals surface area (Å²) in [5.41, 5.74) is 7.12. The standard InChI is InChI=1S/C13H9N4O/c14-12(18)11-10(9-5-2-1-3-6-9)16-13-15-7-4-8-17(11)13/h1-6,8H,(H2,14,18). The predicted molar refractivity (Wildman–Crippen MR) is 65.8 cm³/mol. The van der Waals surface area contributed by atoms with Crippen molar-refractivity contribution in [3.8, 4) is 11.3 Å². The number of hydrogen-bond donors (Lipinski definition) is 1. The number of imidazole rings is 1. The van der Waals surface area contributed by atoms with Crippen LogP contribution in [0.4, 0.5) is 0 Å². The van der Waals surface area contributed by atoms with Crippen LogP contribution in [0, 0.1) is 6.20 Å². The van der Waals surface area contributed by atoms with Crippen molar-refractivity contribution in [1.29, 1.82) is 0 Å². The maximum Gasteiger partial charge on any atom is 0.268 e. The van der Waals surface area contributed by atoms with Gasteiger partial charge in [-0.2, -0.15) is 0 Å². The summed E-state index contributed by atoms with van der Waals surface area (Å²) >= 11 is 0. The number of primary amides is 1. The molecule has 5 nitrogen and oxygen atoms in total. The van der Waals surface area contributed by atoms with Crippen LogP contribution in [0.25, 0.3) is 17.0 Å². The van der Waals surface area contributed by atoms with Gasteiger partial charge in [0.25, 0.3) is 5.91 Å². The molecule has 0 atom stereocenters. The highest BCUT2D eigenvalue weighted by Crippen LogP contribution is 2.22. The van der Waals surface area contributed by atoms with Crippen LogP contribution in [0.2, 0.25) is 0 Å². The van der Waals surface area contributed by atoms with Gasteiger partial charge in [0.05, 0.1) is 6.20 Å². The molecule has 1 aromatic carbocycles. The molecule has 0 fully saturated rings. The van der Waals surface area contributed by atoms with Crippen LogP contribution in [0.5, 0.6) is 0 Å². The molecule has 5 heteroatoms. The van der Waals surface area contributed by atoms with E-state index in [-0.39, 0.29) is 0 Å². The van der Waals surface area contributed by atoms with Gasteiger partial charge in [-0.3, -0.25) is 9.20 Å². The smallest absolute Gasteiger partial charge is 0.268 e. The fourth-order valence-corrected chi connectivity index (χ4v) is 1.88. The van der Waals surface area contributed by atoms with Crippen LogP contribution in [0.1, 0.15) is 10.5 Å². The third-order valence-electron chi connectivity index (χ3n) is 2.64. The van der Waals surface area contributed by atoms with Gasteiger partial charge >= 0.3 is 0 Å². The van der Waals surface area contributed by atoms with E-state index in [9.17, 15) is 4.79 Å². The van der Waals surface area contributed by atoms with Crippen molar-refractivity contribution < 1.29 is 4.79 Å². The van der Waals surface area contributed by atoms with Gasteiger partial charge in [-0.1, -0.05) is 30.3 Å². The Morgan fingerprint density at radius 1 is 1.28 bits per heavy atom. The molecule has 1 radical (unpaired) electrons. The van der Waals surface area contributed by atoms with Crippen molar-refractivity contribution in [2.75, 3.05) is 0 Å². The minimum absolute atomic E-state index is 0.331. The Morgan fingerprint density at radius 3 is 2.78 bits per heavy atom. The second-order valence-electron chi connectivity index (χ2n) is 3.77. The Kier molecular flexibility index (Phi) is 2.30. The number of carbonyl (C=O) groups excluding carboxylic acids is 1. The highest BCUT2D eigenvalue weighted by molar-refractivity contribution is 5.98. The quantitative estimate of drug-likeness (QED) is 0.730. The maximum absolute atomic E-state index is 11.6. The Balaban J connectivity index is 2.36. The number of benzene rings is 1. The van der Waals surface area contributed by atoms with Crippen molar-refractivity contribution in [1.82, 2.24) is 14.4 Å². The fourth-order valence-electron chi connectivity index (χ4n) is 1.88. The third-order valence-corrected chi connectivity index (χ3v) is 2.64. The SMILES string of the molecule is NC(=O)c1c(-c2ccccc2)nc2n[c]ccn12. The monoisotopic (exact) mass is 237 g/mol. The molecule has 2 aromatic heterocycles. The van der Waals surface area contributed by atoms with Crippen LogP contribution >= 0.6 is 0 Å². The van der Waals surface area contributed by atoms with E-state index in [1.165, 1.54) is 0 Å². The number of aromatic nitrogens is 3. The highest BCUT2D eigenvalue weighted by Gasteiger charge is 2.18. The van der Waals surface area contributed by atoms with E-state index >= 15 is 0 Å². The molecule has 0 aliphatic carbocycles. The molecule has 0 saturated carbocycles. The lowest BCUT2D eigenvalue weighted by Crippen LogP contribution is -2.15. The molecule has 87 valence electrons. The first-order valence-corrected chi connectivity index (χ1v) is 5.38. The van der Waals surface area contributed by atoms with E-state index in [1.54, 1.807) is 16.7 Å². The third kappa shape index (κ3) is 1.53. The van der Waals surface area contributed by atoms with Gasteiger partial charge in [-0.25, -0.2) is 9.97 Å². The molecular weight excluding hydrogens is 228 g/mol. The Morgan fingerprint density at radius 2 is 2.06 bits per heavy atom. The van der Waals surface area contributed by atoms with E-state index in [1.807, 2.05) is 30.3 Å². The largest absolute Gasteiger partial charge is 0.364 e. The van der Waals surface area contributed by atoms with Crippen LogP contribution in [0.3, 0.4) is 0 Å². The van der Waals surface area contributed by atoms with Crippen LogP contribution in [0.15, 0.2) is 42.6 Å². The van der Waals surface area contributed by atoms with E-state index in [0.29, 0.717) is 17.2 Å². The van der Waals surface area contributed by atoms with Crippen molar-refractivity contribution in [2.45, 2.75) is 0 Å². The van der Waals surface area contributed by atoms with Gasteiger partial charge < -0.3 is 5.73 Å². The first-order chi connectivity index (χ1) is 8.77. The lowest BCUT2D eigenvalue weighted by atomic mass is 10.1. The molecule has 0 saturated heterocycles. The maximum atomic E-state index is 11.6. The van der Waals surface area contributed by atoms with Crippen molar-refractivity contribution in [2.24, 2.45) is 5.73 Å². The summed E-state index contributed by atoms with van der Waals surface area (Å²) in [4.78, 5) is 19.9. The molecule has 2 N–H and O–H groups in total. The Hall–Kier alpha value is -2.69. The minimum atomic E-state index is -0.533. The normalized spacial score (nSPS) is 10.7. The van der Waals surface area contributed by atoms with Gasteiger partial charge in [-0.05, 0) is 6.07 Å². The van der Waals surface area contributed by atoms with Crippen molar-refractivity contribution >= 4 is 11.7 Å². The average Bonchev–Trinajstić information content (AvgIpc) is 2.79. The summed E-state index contributed by atoms with van der Waals surface area (Å²) < 4.78 is 1.57. The summed E-state index contributed by atoms with van der Waals surface area (Å²) in [5, 5.41) is 0. The number of nitrogens with zero attached hydrogens (tertiary/aromatic N) is 3. The molecule has 0 aliphatic rings. The molecule has 0 aliphatic heterocycles. The van der Waals surface area contributed by atoms with E-state index in [0.717, 1.165) is 5.56 Å². The Labute approximate surface area is 103 Å². The molecule has 0 spiro atoms. The molecule has 0 bridgehead atoms. The van der Waals surface area contributed by atoms with E-state index in [2.05, 4.69) is 16.2 Å². The summed E-state index contributed by atoms with van der Waals surface area (Å²) in [6.07, 6.45) is 4.35. The first-order valence-electron chi connectivity index (χ1n) is 5.38. The van der Waals surface area contributed by atoms with Crippen LogP contribution < -0.4 is 5.73 Å². The molecular formula is C13H9N4O. The van der Waals surface area contributed by atoms with Gasteiger partial charge in [-0.15, -0.1) is 0 Å². The Bertz CT molecular complexity index is 718. The number of carbonyl (C=O) groups is 1. The molecule has 3 aromatic rings. The lowest BCUT2D eigenvalue weighted by Gasteiger charge is -2.00. The lowest BCUT2D eigenvalue weighted by molar-refractivity contribution is 0.0995. The van der Waals surface area contributed by atoms with Crippen LogP contribution in [-0.2, 0) is 0 Å². The van der Waals surface area contributed by atoms with Gasteiger partial charge in [0.1, 0.15) is 11.4 Å². The molecule has 18 heavy (non-hydrogen) atoms. The second-order valence-corrected chi connectivity index (χ2v) is 3.77. The molecule has 2 heterocycles. The van der Waals surface area contributed by atoms with Crippen LogP contribution in [-0.4, -0.2) is 20.3 Å². The molecule has 0 unspecified atom stereocenters. The highest BCUT2D eigenvalue weighted by atomic mass is 16.1. The zero-order valence-electron chi connectivity index (χ0n) is 9.37. The zero-order valence-corrected chi connectivity index (χ0v) is 9.37. The number of hydrogen-bond acceptors (Lipinski definition) is 3. The average molecular weight is 237 g/mol.